The molecule has 1 aliphatic carbocycles. The standard InChI is InChI=1S/C52H88O17P2/c1-2-3-4-5-6-7-8-9-10-11-12-13-15-18-21-24-27-30-33-36-39-45(54)65-42-44(43-66-71(63,64)69-52-49(58)47(56)48(57)51(50(52)59)68-70(60,61)62)67-46(55)40-37-34-31-28-25-22-19-16-14-17-20-23-26-29-32-35-38-41-53/h7-8,10-11,13-15,17,19,22-23,26,28,31,44,47-53,56-59H,2-6,9,12,16,18,20-21,24-25,27,29-30,32-43H2,1H3,(H,63,64)(H2,60,61,62)/b8-7-,11-10-,15-13-,17-14-,22-19-,26-23-,31-28-/t44-,47?,48?,49?,50?,51-,52+/m1/s1. The van der Waals surface area contributed by atoms with Crippen LogP contribution in [0.25, 0.3) is 0 Å². The number of phosphoric ester groups is 2. The summed E-state index contributed by atoms with van der Waals surface area (Å²) in [6.07, 6.45) is 36.9. The molecule has 0 aromatic rings. The van der Waals surface area contributed by atoms with Crippen molar-refractivity contribution in [3.05, 3.63) is 85.1 Å². The highest BCUT2D eigenvalue weighted by Crippen LogP contribution is 2.49. The number of aliphatic hydroxyl groups is 5. The van der Waals surface area contributed by atoms with Gasteiger partial charge in [-0.15, -0.1) is 0 Å². The van der Waals surface area contributed by atoms with Crippen molar-refractivity contribution in [1.82, 2.24) is 0 Å². The van der Waals surface area contributed by atoms with Crippen LogP contribution in [-0.4, -0.2) is 115 Å². The van der Waals surface area contributed by atoms with E-state index in [0.29, 0.717) is 25.7 Å². The van der Waals surface area contributed by atoms with Crippen molar-refractivity contribution in [2.45, 2.75) is 210 Å². The van der Waals surface area contributed by atoms with Crippen LogP contribution in [0.3, 0.4) is 0 Å². The largest absolute Gasteiger partial charge is 0.472 e. The predicted molar refractivity (Wildman–Crippen MR) is 275 cm³/mol. The molecule has 5 unspecified atom stereocenters. The lowest BCUT2D eigenvalue weighted by Crippen LogP contribution is -2.64. The van der Waals surface area contributed by atoms with Crippen molar-refractivity contribution in [2.75, 3.05) is 19.8 Å². The number of carbonyl (C=O) groups excluding carboxylic acids is 2. The normalized spacial score (nSPS) is 21.5. The van der Waals surface area contributed by atoms with Gasteiger partial charge in [-0.1, -0.05) is 143 Å². The van der Waals surface area contributed by atoms with Gasteiger partial charge in [-0.25, -0.2) is 9.13 Å². The van der Waals surface area contributed by atoms with Gasteiger partial charge in [-0.3, -0.25) is 23.2 Å². The Labute approximate surface area is 423 Å². The number of ether oxygens (including phenoxy) is 2. The molecule has 0 aliphatic heterocycles. The molecule has 0 aromatic carbocycles. The highest BCUT2D eigenvalue weighted by molar-refractivity contribution is 7.47. The van der Waals surface area contributed by atoms with Crippen LogP contribution in [0.4, 0.5) is 0 Å². The second kappa shape index (κ2) is 42.5. The fourth-order valence-corrected chi connectivity index (χ4v) is 8.78. The summed E-state index contributed by atoms with van der Waals surface area (Å²) >= 11 is 0. The molecule has 0 heterocycles. The number of hydrogen-bond donors (Lipinski definition) is 8. The van der Waals surface area contributed by atoms with Gasteiger partial charge in [-0.2, -0.15) is 0 Å². The lowest BCUT2D eigenvalue weighted by molar-refractivity contribution is -0.216. The molecule has 408 valence electrons. The van der Waals surface area contributed by atoms with E-state index in [-0.39, 0.29) is 19.4 Å². The molecule has 0 spiro atoms. The van der Waals surface area contributed by atoms with E-state index in [0.717, 1.165) is 96.3 Å². The van der Waals surface area contributed by atoms with Crippen molar-refractivity contribution in [2.24, 2.45) is 0 Å². The summed E-state index contributed by atoms with van der Waals surface area (Å²) in [5.41, 5.74) is 0. The van der Waals surface area contributed by atoms with Crippen LogP contribution in [-0.2, 0) is 41.8 Å². The molecule has 0 bridgehead atoms. The summed E-state index contributed by atoms with van der Waals surface area (Å²) in [7, 11) is -10.7. The first-order valence-electron chi connectivity index (χ1n) is 25.7. The van der Waals surface area contributed by atoms with E-state index in [2.05, 4.69) is 78.3 Å². The Morgan fingerprint density at radius 2 is 0.887 bits per heavy atom. The van der Waals surface area contributed by atoms with E-state index in [1.807, 2.05) is 18.2 Å². The molecule has 17 nitrogen and oxygen atoms in total. The Morgan fingerprint density at radius 1 is 0.479 bits per heavy atom. The SMILES string of the molecule is CCCCCC/C=C\C/C=C\C/C=C\CCCCCCCCC(=O)OC[C@H](COP(=O)(O)O[C@H]1C(O)C(O)C(O)[C@@H](OP(=O)(O)O)C1O)OC(=O)CCC/C=C\C/C=C\C/C=C\C/C=C\CCCCCO. The summed E-state index contributed by atoms with van der Waals surface area (Å²) in [4.78, 5) is 54.4. The molecule has 8 atom stereocenters. The summed E-state index contributed by atoms with van der Waals surface area (Å²) in [5, 5.41) is 50.1. The fourth-order valence-electron chi connectivity index (χ4n) is 7.24. The zero-order chi connectivity index (χ0) is 52.4. The first kappa shape index (κ1) is 66.2. The van der Waals surface area contributed by atoms with E-state index in [4.69, 9.17) is 23.6 Å². The first-order chi connectivity index (χ1) is 34.1. The van der Waals surface area contributed by atoms with Crippen molar-refractivity contribution < 1.29 is 82.0 Å². The third-order valence-electron chi connectivity index (χ3n) is 11.2. The van der Waals surface area contributed by atoms with Crippen molar-refractivity contribution >= 4 is 27.6 Å². The molecule has 0 radical (unpaired) electrons. The Bertz CT molecular complexity index is 1690. The summed E-state index contributed by atoms with van der Waals surface area (Å²) in [6.45, 7) is 1.05. The van der Waals surface area contributed by atoms with E-state index in [9.17, 15) is 53.8 Å². The van der Waals surface area contributed by atoms with Crippen LogP contribution in [0.1, 0.15) is 167 Å². The fraction of sp³-hybridized carbons (Fsp3) is 0.692. The lowest BCUT2D eigenvalue weighted by atomic mass is 9.85. The van der Waals surface area contributed by atoms with Crippen molar-refractivity contribution in [3.63, 3.8) is 0 Å². The van der Waals surface area contributed by atoms with Crippen molar-refractivity contribution in [3.8, 4) is 0 Å². The van der Waals surface area contributed by atoms with Gasteiger partial charge in [0.1, 0.15) is 43.2 Å². The topological polar surface area (TPSA) is 276 Å². The Hall–Kier alpha value is -2.86. The highest BCUT2D eigenvalue weighted by Gasteiger charge is 2.54. The van der Waals surface area contributed by atoms with E-state index in [1.165, 1.54) is 25.7 Å². The van der Waals surface area contributed by atoms with Crippen LogP contribution in [0, 0.1) is 0 Å². The Kier molecular flexibility index (Phi) is 39.6. The average Bonchev–Trinajstić information content (AvgIpc) is 3.33. The van der Waals surface area contributed by atoms with Crippen LogP contribution < -0.4 is 0 Å². The van der Waals surface area contributed by atoms with Gasteiger partial charge in [0.15, 0.2) is 6.10 Å². The molecule has 1 saturated carbocycles. The Balaban J connectivity index is 2.59. The third kappa shape index (κ3) is 36.7. The van der Waals surface area contributed by atoms with E-state index >= 15 is 0 Å². The summed E-state index contributed by atoms with van der Waals surface area (Å²) in [6, 6.07) is 0. The molecule has 0 aromatic heterocycles. The van der Waals surface area contributed by atoms with Crippen LogP contribution in [0.15, 0.2) is 85.1 Å². The maximum atomic E-state index is 13.0. The number of rotatable bonds is 43. The minimum Gasteiger partial charge on any atom is -0.462 e. The van der Waals surface area contributed by atoms with Crippen molar-refractivity contribution in [1.29, 1.82) is 0 Å². The first-order valence-corrected chi connectivity index (χ1v) is 28.8. The predicted octanol–water partition coefficient (Wildman–Crippen LogP) is 9.54. The van der Waals surface area contributed by atoms with Gasteiger partial charge in [-0.05, 0) is 96.3 Å². The number of unbranched alkanes of at least 4 members (excludes halogenated alkanes) is 14. The number of allylic oxidation sites excluding steroid dienone is 14. The van der Waals surface area contributed by atoms with E-state index < -0.39 is 83.5 Å². The molecule has 0 saturated heterocycles. The molecule has 1 fully saturated rings. The van der Waals surface area contributed by atoms with Gasteiger partial charge in [0.2, 0.25) is 0 Å². The number of esters is 2. The number of aliphatic hydroxyl groups excluding tert-OH is 5. The Morgan fingerprint density at radius 3 is 1.37 bits per heavy atom. The molecule has 8 N–H and O–H groups in total. The quantitative estimate of drug-likeness (QED) is 0.0122. The summed E-state index contributed by atoms with van der Waals surface area (Å²) in [5.74, 6) is -1.31. The molecule has 0 amide bonds. The average molecular weight is 1050 g/mol. The van der Waals surface area contributed by atoms with Crippen LogP contribution in [0.5, 0.6) is 0 Å². The van der Waals surface area contributed by atoms with E-state index in [1.54, 1.807) is 0 Å². The van der Waals surface area contributed by atoms with Crippen LogP contribution >= 0.6 is 15.6 Å². The monoisotopic (exact) mass is 1050 g/mol. The maximum Gasteiger partial charge on any atom is 0.472 e. The molecule has 71 heavy (non-hydrogen) atoms. The number of hydrogen-bond acceptors (Lipinski definition) is 14. The highest BCUT2D eigenvalue weighted by atomic mass is 31.2. The molecule has 19 heteroatoms. The molecule has 1 aliphatic rings. The molecule has 1 rings (SSSR count). The van der Waals surface area contributed by atoms with Gasteiger partial charge >= 0.3 is 27.6 Å². The van der Waals surface area contributed by atoms with Gasteiger partial charge < -0.3 is 49.7 Å². The smallest absolute Gasteiger partial charge is 0.462 e. The lowest BCUT2D eigenvalue weighted by Gasteiger charge is -2.43. The number of phosphoric acid groups is 2. The minimum atomic E-state index is -5.38. The molecular formula is C52H88O17P2. The third-order valence-corrected chi connectivity index (χ3v) is 12.7. The second-order valence-electron chi connectivity index (χ2n) is 17.6. The summed E-state index contributed by atoms with van der Waals surface area (Å²) < 4.78 is 49.4. The zero-order valence-electron chi connectivity index (χ0n) is 42.1. The molecular weight excluding hydrogens is 959 g/mol. The number of carbonyl (C=O) groups is 2. The van der Waals surface area contributed by atoms with Crippen LogP contribution in [0.2, 0.25) is 0 Å². The van der Waals surface area contributed by atoms with Gasteiger partial charge in [0.25, 0.3) is 0 Å². The minimum absolute atomic E-state index is 0.0491. The van der Waals surface area contributed by atoms with Gasteiger partial charge in [0.05, 0.1) is 6.61 Å². The van der Waals surface area contributed by atoms with Gasteiger partial charge in [0, 0.05) is 19.4 Å². The zero-order valence-corrected chi connectivity index (χ0v) is 43.9. The maximum absolute atomic E-state index is 13.0. The second-order valence-corrected chi connectivity index (χ2v) is 20.2.